The maximum atomic E-state index is 13.9. The highest BCUT2D eigenvalue weighted by atomic mass is 35.5. The normalized spacial score (nSPS) is 15.8. The molecule has 1 aliphatic rings. The van der Waals surface area contributed by atoms with E-state index in [0.717, 1.165) is 9.18 Å². The minimum atomic E-state index is -4.33. The van der Waals surface area contributed by atoms with Gasteiger partial charge in [-0.15, -0.1) is 11.3 Å². The molecule has 1 aromatic carbocycles. The third-order valence-electron chi connectivity index (χ3n) is 4.42. The Balaban J connectivity index is 1.61. The number of halogens is 4. The summed E-state index contributed by atoms with van der Waals surface area (Å²) in [5.41, 5.74) is 0. The Labute approximate surface area is 169 Å². The second kappa shape index (κ2) is 8.40. The van der Waals surface area contributed by atoms with Gasteiger partial charge in [-0.05, 0) is 30.7 Å². The number of sulfonamides is 1. The third kappa shape index (κ3) is 4.35. The molecule has 0 unspecified atom stereocenters. The molecule has 0 spiro atoms. The molecule has 0 radical (unpaired) electrons. The van der Waals surface area contributed by atoms with Crippen LogP contribution in [0.5, 0.6) is 0 Å². The van der Waals surface area contributed by atoms with Crippen LogP contribution in [-0.2, 0) is 21.2 Å². The molecule has 1 aliphatic heterocycles. The van der Waals surface area contributed by atoms with Crippen molar-refractivity contribution in [3.05, 3.63) is 50.9 Å². The summed E-state index contributed by atoms with van der Waals surface area (Å²) in [4.78, 5) is 13.9. The van der Waals surface area contributed by atoms with Crippen LogP contribution in [0.15, 0.2) is 29.2 Å². The van der Waals surface area contributed by atoms with Crippen LogP contribution in [0.3, 0.4) is 0 Å². The fourth-order valence-corrected chi connectivity index (χ4v) is 5.46. The van der Waals surface area contributed by atoms with Gasteiger partial charge in [0.15, 0.2) is 17.5 Å². The zero-order valence-electron chi connectivity index (χ0n) is 14.5. The number of nitrogens with zero attached hydrogens (tertiary/aromatic N) is 2. The molecule has 0 aliphatic carbocycles. The number of hydrogen-bond donors (Lipinski definition) is 0. The van der Waals surface area contributed by atoms with E-state index in [2.05, 4.69) is 0 Å². The number of amides is 1. The fraction of sp³-hybridized carbons (Fsp3) is 0.353. The Morgan fingerprint density at radius 3 is 2.32 bits per heavy atom. The lowest BCUT2D eigenvalue weighted by atomic mass is 10.2. The Morgan fingerprint density at radius 1 is 1.04 bits per heavy atom. The van der Waals surface area contributed by atoms with E-state index in [-0.39, 0.29) is 38.5 Å². The summed E-state index contributed by atoms with van der Waals surface area (Å²) in [6.07, 6.45) is 0.802. The van der Waals surface area contributed by atoms with Gasteiger partial charge in [0.05, 0.1) is 4.34 Å². The van der Waals surface area contributed by atoms with Crippen molar-refractivity contribution >= 4 is 38.9 Å². The average Bonchev–Trinajstić information content (AvgIpc) is 3.09. The molecule has 1 aromatic heterocycles. The van der Waals surface area contributed by atoms with Crippen LogP contribution < -0.4 is 0 Å². The zero-order valence-corrected chi connectivity index (χ0v) is 16.9. The molecule has 0 saturated carbocycles. The number of rotatable bonds is 5. The number of aryl methyl sites for hydroxylation is 1. The second-order valence-electron chi connectivity index (χ2n) is 6.16. The monoisotopic (exact) mass is 452 g/mol. The SMILES string of the molecule is O=C(CCc1ccc(Cl)s1)N1CCN(S(=O)(=O)c2ccc(F)c(F)c2F)CC1. The maximum absolute atomic E-state index is 13.9. The molecule has 1 fully saturated rings. The van der Waals surface area contributed by atoms with E-state index in [9.17, 15) is 26.4 Å². The van der Waals surface area contributed by atoms with E-state index >= 15 is 0 Å². The highest BCUT2D eigenvalue weighted by molar-refractivity contribution is 7.89. The third-order valence-corrected chi connectivity index (χ3v) is 7.63. The van der Waals surface area contributed by atoms with Crippen LogP contribution in [0.2, 0.25) is 4.34 Å². The smallest absolute Gasteiger partial charge is 0.246 e. The molecule has 2 heterocycles. The van der Waals surface area contributed by atoms with Crippen molar-refractivity contribution in [2.45, 2.75) is 17.7 Å². The molecule has 1 amide bonds. The maximum Gasteiger partial charge on any atom is 0.246 e. The number of carbonyl (C=O) groups excluding carboxylic acids is 1. The summed E-state index contributed by atoms with van der Waals surface area (Å²) in [5.74, 6) is -5.16. The van der Waals surface area contributed by atoms with Crippen molar-refractivity contribution < 1.29 is 26.4 Å². The standard InChI is InChI=1S/C17H16ClF3N2O3S2/c18-14-5-1-11(27-14)2-6-15(24)22-7-9-23(10-8-22)28(25,26)13-4-3-12(19)16(20)17(13)21/h1,3-5H,2,6-10H2. The van der Waals surface area contributed by atoms with Gasteiger partial charge in [0.1, 0.15) is 4.90 Å². The van der Waals surface area contributed by atoms with Crippen LogP contribution in [-0.4, -0.2) is 49.7 Å². The van der Waals surface area contributed by atoms with E-state index in [1.807, 2.05) is 6.07 Å². The molecule has 2 aromatic rings. The van der Waals surface area contributed by atoms with Crippen LogP contribution in [0, 0.1) is 17.5 Å². The minimum Gasteiger partial charge on any atom is -0.340 e. The first-order valence-electron chi connectivity index (χ1n) is 8.36. The molecule has 0 bridgehead atoms. The van der Waals surface area contributed by atoms with Gasteiger partial charge in [-0.1, -0.05) is 11.6 Å². The predicted molar refractivity (Wildman–Crippen MR) is 99.3 cm³/mol. The quantitative estimate of drug-likeness (QED) is 0.654. The van der Waals surface area contributed by atoms with Crippen molar-refractivity contribution in [3.63, 3.8) is 0 Å². The zero-order chi connectivity index (χ0) is 20.5. The summed E-state index contributed by atoms with van der Waals surface area (Å²) >= 11 is 7.25. The fourth-order valence-electron chi connectivity index (χ4n) is 2.90. The van der Waals surface area contributed by atoms with Gasteiger partial charge < -0.3 is 4.90 Å². The van der Waals surface area contributed by atoms with Gasteiger partial charge in [0.25, 0.3) is 0 Å². The van der Waals surface area contributed by atoms with Crippen LogP contribution in [0.4, 0.5) is 13.2 Å². The summed E-state index contributed by atoms with van der Waals surface area (Å²) < 4.78 is 67.0. The first kappa shape index (κ1) is 21.1. The number of hydrogen-bond acceptors (Lipinski definition) is 4. The van der Waals surface area contributed by atoms with Crippen molar-refractivity contribution in [2.75, 3.05) is 26.2 Å². The highest BCUT2D eigenvalue weighted by Gasteiger charge is 2.33. The van der Waals surface area contributed by atoms with Crippen LogP contribution in [0.1, 0.15) is 11.3 Å². The van der Waals surface area contributed by atoms with Crippen molar-refractivity contribution in [1.82, 2.24) is 9.21 Å². The van der Waals surface area contributed by atoms with Gasteiger partial charge in [0.2, 0.25) is 15.9 Å². The summed E-state index contributed by atoms with van der Waals surface area (Å²) in [5, 5.41) is 0. The predicted octanol–water partition coefficient (Wildman–Crippen LogP) is 3.28. The Morgan fingerprint density at radius 2 is 1.71 bits per heavy atom. The average molecular weight is 453 g/mol. The first-order chi connectivity index (χ1) is 13.2. The molecule has 1 saturated heterocycles. The number of piperazine rings is 1. The molecular weight excluding hydrogens is 437 g/mol. The van der Waals surface area contributed by atoms with Gasteiger partial charge in [-0.25, -0.2) is 21.6 Å². The number of carbonyl (C=O) groups is 1. The molecule has 28 heavy (non-hydrogen) atoms. The van der Waals surface area contributed by atoms with Crippen molar-refractivity contribution in [1.29, 1.82) is 0 Å². The van der Waals surface area contributed by atoms with Gasteiger partial charge >= 0.3 is 0 Å². The minimum absolute atomic E-state index is 0.0582. The lowest BCUT2D eigenvalue weighted by Gasteiger charge is -2.34. The topological polar surface area (TPSA) is 57.7 Å². The molecule has 11 heteroatoms. The Hall–Kier alpha value is -1.62. The van der Waals surface area contributed by atoms with Crippen LogP contribution >= 0.6 is 22.9 Å². The van der Waals surface area contributed by atoms with Crippen molar-refractivity contribution in [2.24, 2.45) is 0 Å². The largest absolute Gasteiger partial charge is 0.340 e. The Kier molecular flexibility index (Phi) is 6.33. The van der Waals surface area contributed by atoms with Gasteiger partial charge in [0, 0.05) is 37.5 Å². The lowest BCUT2D eigenvalue weighted by molar-refractivity contribution is -0.132. The van der Waals surface area contributed by atoms with E-state index in [1.165, 1.54) is 16.2 Å². The van der Waals surface area contributed by atoms with E-state index < -0.39 is 32.4 Å². The number of benzene rings is 1. The highest BCUT2D eigenvalue weighted by Crippen LogP contribution is 2.25. The van der Waals surface area contributed by atoms with E-state index in [0.29, 0.717) is 22.9 Å². The Bertz CT molecular complexity index is 990. The van der Waals surface area contributed by atoms with E-state index in [4.69, 9.17) is 11.6 Å². The molecule has 5 nitrogen and oxygen atoms in total. The molecule has 0 atom stereocenters. The molecule has 3 rings (SSSR count). The summed E-state index contributed by atoms with van der Waals surface area (Å²) in [6.45, 7) is 0.151. The van der Waals surface area contributed by atoms with Gasteiger partial charge in [-0.2, -0.15) is 4.31 Å². The summed E-state index contributed by atoms with van der Waals surface area (Å²) in [6, 6.07) is 4.88. The second-order valence-corrected chi connectivity index (χ2v) is 9.87. The first-order valence-corrected chi connectivity index (χ1v) is 11.0. The molecule has 0 N–H and O–H groups in total. The lowest BCUT2D eigenvalue weighted by Crippen LogP contribution is -2.50. The molecular formula is C17H16ClF3N2O3S2. The van der Waals surface area contributed by atoms with Gasteiger partial charge in [-0.3, -0.25) is 4.79 Å². The van der Waals surface area contributed by atoms with E-state index in [1.54, 1.807) is 6.07 Å². The van der Waals surface area contributed by atoms with Crippen molar-refractivity contribution in [3.8, 4) is 0 Å². The molecule has 152 valence electrons. The van der Waals surface area contributed by atoms with Crippen LogP contribution in [0.25, 0.3) is 0 Å². The number of thiophene rings is 1. The summed E-state index contributed by atoms with van der Waals surface area (Å²) in [7, 11) is -4.33.